The molecule has 7 nitrogen and oxygen atoms in total. The summed E-state index contributed by atoms with van der Waals surface area (Å²) in [6.45, 7) is 4.15. The highest BCUT2D eigenvalue weighted by Crippen LogP contribution is 2.27. The Labute approximate surface area is 156 Å². The van der Waals surface area contributed by atoms with Crippen molar-refractivity contribution in [2.75, 3.05) is 13.7 Å². The summed E-state index contributed by atoms with van der Waals surface area (Å²) < 4.78 is 53.1. The SMILES string of the molecule is COc1ccc(F)cc1S(=O)(=O)NCCn1nc(C)c(-c2ccco2)c1C. The van der Waals surface area contributed by atoms with Gasteiger partial charge in [0.2, 0.25) is 10.0 Å². The van der Waals surface area contributed by atoms with Crippen LogP contribution in [0, 0.1) is 19.7 Å². The third-order valence-electron chi connectivity index (χ3n) is 4.18. The summed E-state index contributed by atoms with van der Waals surface area (Å²) in [5.74, 6) is 0.134. The molecule has 0 saturated heterocycles. The molecule has 0 atom stereocenters. The van der Waals surface area contributed by atoms with Crippen molar-refractivity contribution in [3.63, 3.8) is 0 Å². The average Bonchev–Trinajstić information content (AvgIpc) is 3.23. The topological polar surface area (TPSA) is 86.4 Å². The molecule has 1 aromatic carbocycles. The van der Waals surface area contributed by atoms with Gasteiger partial charge in [0, 0.05) is 12.2 Å². The van der Waals surface area contributed by atoms with Crippen LogP contribution in [0.15, 0.2) is 45.9 Å². The van der Waals surface area contributed by atoms with Gasteiger partial charge in [-0.3, -0.25) is 4.68 Å². The number of rotatable bonds is 7. The Kier molecular flexibility index (Phi) is 5.33. The molecule has 3 aromatic rings. The van der Waals surface area contributed by atoms with E-state index < -0.39 is 15.8 Å². The van der Waals surface area contributed by atoms with Crippen LogP contribution in [0.25, 0.3) is 11.3 Å². The van der Waals surface area contributed by atoms with Crippen molar-refractivity contribution in [2.45, 2.75) is 25.3 Å². The molecule has 0 saturated carbocycles. The molecular weight excluding hydrogens is 373 g/mol. The smallest absolute Gasteiger partial charge is 0.244 e. The van der Waals surface area contributed by atoms with Gasteiger partial charge >= 0.3 is 0 Å². The number of hydrogen-bond donors (Lipinski definition) is 1. The number of benzene rings is 1. The maximum Gasteiger partial charge on any atom is 0.244 e. The maximum absolute atomic E-state index is 13.5. The molecule has 27 heavy (non-hydrogen) atoms. The minimum Gasteiger partial charge on any atom is -0.495 e. The number of ether oxygens (including phenoxy) is 1. The number of methoxy groups -OCH3 is 1. The van der Waals surface area contributed by atoms with Crippen LogP contribution in [-0.2, 0) is 16.6 Å². The van der Waals surface area contributed by atoms with Crippen molar-refractivity contribution in [1.29, 1.82) is 0 Å². The Hall–Kier alpha value is -2.65. The van der Waals surface area contributed by atoms with E-state index in [-0.39, 0.29) is 17.2 Å². The van der Waals surface area contributed by atoms with Gasteiger partial charge in [0.1, 0.15) is 22.2 Å². The molecule has 0 bridgehead atoms. The fourth-order valence-electron chi connectivity index (χ4n) is 2.92. The Morgan fingerprint density at radius 3 is 2.74 bits per heavy atom. The van der Waals surface area contributed by atoms with Crippen LogP contribution in [-0.4, -0.2) is 31.9 Å². The van der Waals surface area contributed by atoms with Crippen molar-refractivity contribution in [3.8, 4) is 17.1 Å². The summed E-state index contributed by atoms with van der Waals surface area (Å²) in [6, 6.07) is 7.00. The van der Waals surface area contributed by atoms with Crippen LogP contribution in [0.1, 0.15) is 11.4 Å². The quantitative estimate of drug-likeness (QED) is 0.667. The number of aryl methyl sites for hydroxylation is 1. The van der Waals surface area contributed by atoms with Gasteiger partial charge in [-0.15, -0.1) is 0 Å². The summed E-state index contributed by atoms with van der Waals surface area (Å²) in [4.78, 5) is -0.241. The molecule has 0 aliphatic heterocycles. The lowest BCUT2D eigenvalue weighted by atomic mass is 10.1. The van der Waals surface area contributed by atoms with E-state index in [4.69, 9.17) is 9.15 Å². The predicted octanol–water partition coefficient (Wildman–Crippen LogP) is 2.89. The summed E-state index contributed by atoms with van der Waals surface area (Å²) >= 11 is 0. The van der Waals surface area contributed by atoms with E-state index in [1.165, 1.54) is 13.2 Å². The molecular formula is C18H20FN3O4S. The van der Waals surface area contributed by atoms with Crippen LogP contribution in [0.2, 0.25) is 0 Å². The fourth-order valence-corrected chi connectivity index (χ4v) is 4.12. The van der Waals surface area contributed by atoms with E-state index in [9.17, 15) is 12.8 Å². The number of nitrogens with zero attached hydrogens (tertiary/aromatic N) is 2. The van der Waals surface area contributed by atoms with Crippen LogP contribution in [0.4, 0.5) is 4.39 Å². The van der Waals surface area contributed by atoms with E-state index in [0.29, 0.717) is 12.3 Å². The number of furan rings is 1. The molecule has 2 heterocycles. The largest absolute Gasteiger partial charge is 0.495 e. The monoisotopic (exact) mass is 393 g/mol. The van der Waals surface area contributed by atoms with Gasteiger partial charge in [0.25, 0.3) is 0 Å². The normalized spacial score (nSPS) is 11.7. The van der Waals surface area contributed by atoms with Crippen LogP contribution >= 0.6 is 0 Å². The van der Waals surface area contributed by atoms with Gasteiger partial charge in [-0.05, 0) is 44.2 Å². The zero-order valence-corrected chi connectivity index (χ0v) is 16.0. The second kappa shape index (κ2) is 7.53. The van der Waals surface area contributed by atoms with E-state index in [1.54, 1.807) is 17.0 Å². The van der Waals surface area contributed by atoms with Crippen molar-refractivity contribution in [2.24, 2.45) is 0 Å². The summed E-state index contributed by atoms with van der Waals surface area (Å²) in [5, 5.41) is 4.44. The predicted molar refractivity (Wildman–Crippen MR) is 97.5 cm³/mol. The van der Waals surface area contributed by atoms with Gasteiger partial charge in [0.15, 0.2) is 0 Å². The first-order valence-corrected chi connectivity index (χ1v) is 9.73. The highest BCUT2D eigenvalue weighted by Gasteiger charge is 2.21. The molecule has 3 rings (SSSR count). The maximum atomic E-state index is 13.5. The number of nitrogens with one attached hydrogen (secondary N) is 1. The van der Waals surface area contributed by atoms with E-state index in [1.807, 2.05) is 19.9 Å². The third-order valence-corrected chi connectivity index (χ3v) is 5.66. The minimum atomic E-state index is -3.93. The van der Waals surface area contributed by atoms with Crippen molar-refractivity contribution in [1.82, 2.24) is 14.5 Å². The van der Waals surface area contributed by atoms with Gasteiger partial charge in [-0.1, -0.05) is 0 Å². The molecule has 144 valence electrons. The average molecular weight is 393 g/mol. The lowest BCUT2D eigenvalue weighted by Gasteiger charge is -2.11. The second-order valence-corrected chi connectivity index (χ2v) is 7.67. The molecule has 0 aliphatic rings. The van der Waals surface area contributed by atoms with Gasteiger partial charge in [0.05, 0.1) is 31.2 Å². The Balaban J connectivity index is 1.75. The molecule has 0 aliphatic carbocycles. The third kappa shape index (κ3) is 3.88. The van der Waals surface area contributed by atoms with Crippen molar-refractivity contribution < 1.29 is 22.0 Å². The molecule has 0 unspecified atom stereocenters. The summed E-state index contributed by atoms with van der Waals surface area (Å²) in [7, 11) is -2.60. The van der Waals surface area contributed by atoms with Gasteiger partial charge in [-0.2, -0.15) is 5.10 Å². The Bertz CT molecular complexity index is 1040. The van der Waals surface area contributed by atoms with Crippen LogP contribution < -0.4 is 9.46 Å². The van der Waals surface area contributed by atoms with E-state index in [0.717, 1.165) is 29.1 Å². The zero-order valence-electron chi connectivity index (χ0n) is 15.2. The number of aromatic nitrogens is 2. The zero-order chi connectivity index (χ0) is 19.6. The second-order valence-electron chi connectivity index (χ2n) is 5.94. The first-order valence-electron chi connectivity index (χ1n) is 8.24. The highest BCUT2D eigenvalue weighted by atomic mass is 32.2. The van der Waals surface area contributed by atoms with E-state index >= 15 is 0 Å². The minimum absolute atomic E-state index is 0.0788. The standard InChI is InChI=1S/C18H20FN3O4S/c1-12-18(16-5-4-10-26-16)13(2)22(21-12)9-8-20-27(23,24)17-11-14(19)6-7-15(17)25-3/h4-7,10-11,20H,8-9H2,1-3H3. The molecule has 0 fully saturated rings. The molecule has 9 heteroatoms. The lowest BCUT2D eigenvalue weighted by molar-refractivity contribution is 0.400. The first kappa shape index (κ1) is 19.1. The Morgan fingerprint density at radius 2 is 2.07 bits per heavy atom. The fraction of sp³-hybridized carbons (Fsp3) is 0.278. The van der Waals surface area contributed by atoms with Crippen molar-refractivity contribution in [3.05, 3.63) is 53.8 Å². The van der Waals surface area contributed by atoms with Crippen LogP contribution in [0.5, 0.6) is 5.75 Å². The van der Waals surface area contributed by atoms with E-state index in [2.05, 4.69) is 9.82 Å². The summed E-state index contributed by atoms with van der Waals surface area (Å²) in [6.07, 6.45) is 1.59. The van der Waals surface area contributed by atoms with Crippen molar-refractivity contribution >= 4 is 10.0 Å². The van der Waals surface area contributed by atoms with Crippen LogP contribution in [0.3, 0.4) is 0 Å². The number of hydrogen-bond acceptors (Lipinski definition) is 5. The van der Waals surface area contributed by atoms with Gasteiger partial charge in [-0.25, -0.2) is 17.5 Å². The highest BCUT2D eigenvalue weighted by molar-refractivity contribution is 7.89. The Morgan fingerprint density at radius 1 is 1.30 bits per heavy atom. The molecule has 0 amide bonds. The molecule has 2 aromatic heterocycles. The van der Waals surface area contributed by atoms with Gasteiger partial charge < -0.3 is 9.15 Å². The molecule has 0 radical (unpaired) electrons. The molecule has 1 N–H and O–H groups in total. The lowest BCUT2D eigenvalue weighted by Crippen LogP contribution is -2.28. The molecule has 0 spiro atoms. The summed E-state index contributed by atoms with van der Waals surface area (Å²) in [5.41, 5.74) is 2.54. The number of halogens is 1. The number of sulfonamides is 1. The first-order chi connectivity index (χ1) is 12.8.